The van der Waals surface area contributed by atoms with E-state index < -0.39 is 22.5 Å². The van der Waals surface area contributed by atoms with E-state index in [0.717, 1.165) is 15.4 Å². The van der Waals surface area contributed by atoms with E-state index in [1.807, 2.05) is 37.3 Å². The van der Waals surface area contributed by atoms with Crippen molar-refractivity contribution in [2.75, 3.05) is 10.8 Å². The van der Waals surface area contributed by atoms with Crippen molar-refractivity contribution in [3.05, 3.63) is 94.5 Å². The topological polar surface area (TPSA) is 78.8 Å². The zero-order chi connectivity index (χ0) is 23.3. The maximum atomic E-state index is 13.5. The number of hydrazone groups is 1. The van der Waals surface area contributed by atoms with E-state index in [0.29, 0.717) is 22.0 Å². The highest BCUT2D eigenvalue weighted by molar-refractivity contribution is 7.92. The van der Waals surface area contributed by atoms with E-state index in [2.05, 4.69) is 10.5 Å². The zero-order valence-corrected chi connectivity index (χ0v) is 19.6. The van der Waals surface area contributed by atoms with Gasteiger partial charge in [0, 0.05) is 5.02 Å². The van der Waals surface area contributed by atoms with Gasteiger partial charge in [-0.25, -0.2) is 13.8 Å². The molecule has 0 spiro atoms. The molecule has 0 aliphatic heterocycles. The molecule has 3 rings (SSSR count). The zero-order valence-electron chi connectivity index (χ0n) is 18.0. The first-order chi connectivity index (χ1) is 15.2. The summed E-state index contributed by atoms with van der Waals surface area (Å²) in [5.41, 5.74) is 5.85. The van der Waals surface area contributed by atoms with Crippen LogP contribution in [0.15, 0.2) is 82.8 Å². The van der Waals surface area contributed by atoms with E-state index in [1.165, 1.54) is 12.1 Å². The van der Waals surface area contributed by atoms with Crippen molar-refractivity contribution < 1.29 is 13.2 Å². The fourth-order valence-electron chi connectivity index (χ4n) is 3.09. The van der Waals surface area contributed by atoms with E-state index in [-0.39, 0.29) is 4.90 Å². The molecule has 32 heavy (non-hydrogen) atoms. The average molecular weight is 470 g/mol. The highest BCUT2D eigenvalue weighted by atomic mass is 35.5. The lowest BCUT2D eigenvalue weighted by Crippen LogP contribution is -2.40. The molecular formula is C24H24ClN3O3S. The highest BCUT2D eigenvalue weighted by Crippen LogP contribution is 2.29. The number of aryl methyl sites for hydroxylation is 2. The van der Waals surface area contributed by atoms with Gasteiger partial charge in [0.1, 0.15) is 6.54 Å². The molecule has 166 valence electrons. The molecule has 6 nitrogen and oxygen atoms in total. The third-order valence-corrected chi connectivity index (χ3v) is 6.87. The Balaban J connectivity index is 1.92. The third kappa shape index (κ3) is 5.55. The van der Waals surface area contributed by atoms with Crippen LogP contribution >= 0.6 is 11.6 Å². The van der Waals surface area contributed by atoms with Crippen molar-refractivity contribution in [3.8, 4) is 0 Å². The van der Waals surface area contributed by atoms with Crippen molar-refractivity contribution in [3.63, 3.8) is 0 Å². The van der Waals surface area contributed by atoms with Crippen LogP contribution in [0.4, 0.5) is 5.69 Å². The van der Waals surface area contributed by atoms with Gasteiger partial charge in [0.15, 0.2) is 0 Å². The van der Waals surface area contributed by atoms with Gasteiger partial charge in [-0.05, 0) is 62.2 Å². The molecule has 0 unspecified atom stereocenters. The summed E-state index contributed by atoms with van der Waals surface area (Å²) in [6.45, 7) is 4.94. The highest BCUT2D eigenvalue weighted by Gasteiger charge is 2.28. The molecule has 0 saturated carbocycles. The van der Waals surface area contributed by atoms with Gasteiger partial charge in [-0.15, -0.1) is 0 Å². The Kier molecular flexibility index (Phi) is 7.33. The first kappa shape index (κ1) is 23.5. The standard InChI is InChI=1S/C24H24ClN3O3S/c1-17-9-12-22(13-10-17)32(30,31)28(23-14-11-21(25)15-18(23)2)16-24(29)27-26-19(3)20-7-5-4-6-8-20/h4-15H,16H2,1-3H3,(H,27,29)/b26-19-. The summed E-state index contributed by atoms with van der Waals surface area (Å²) in [6, 6.07) is 20.7. The second-order valence-corrected chi connectivity index (χ2v) is 9.65. The number of nitrogens with one attached hydrogen (secondary N) is 1. The third-order valence-electron chi connectivity index (χ3n) is 4.86. The number of carbonyl (C=O) groups is 1. The lowest BCUT2D eigenvalue weighted by molar-refractivity contribution is -0.119. The van der Waals surface area contributed by atoms with Crippen LogP contribution < -0.4 is 9.73 Å². The number of benzene rings is 3. The van der Waals surface area contributed by atoms with Gasteiger partial charge in [-0.2, -0.15) is 5.10 Å². The Morgan fingerprint density at radius 3 is 2.28 bits per heavy atom. The van der Waals surface area contributed by atoms with Gasteiger partial charge >= 0.3 is 0 Å². The molecule has 0 atom stereocenters. The van der Waals surface area contributed by atoms with E-state index >= 15 is 0 Å². The van der Waals surface area contributed by atoms with Gasteiger partial charge in [0.2, 0.25) is 0 Å². The number of hydrogen-bond acceptors (Lipinski definition) is 4. The number of nitrogens with zero attached hydrogens (tertiary/aromatic N) is 2. The van der Waals surface area contributed by atoms with Crippen LogP contribution in [0.1, 0.15) is 23.6 Å². The first-order valence-electron chi connectivity index (χ1n) is 9.92. The fourth-order valence-corrected chi connectivity index (χ4v) is 4.80. The Labute approximate surface area is 193 Å². The van der Waals surface area contributed by atoms with Crippen LogP contribution in [0.3, 0.4) is 0 Å². The van der Waals surface area contributed by atoms with Crippen LogP contribution in [0.5, 0.6) is 0 Å². The molecular weight excluding hydrogens is 446 g/mol. The smallest absolute Gasteiger partial charge is 0.264 e. The molecule has 0 bridgehead atoms. The van der Waals surface area contributed by atoms with Crippen molar-refractivity contribution in [1.82, 2.24) is 5.43 Å². The van der Waals surface area contributed by atoms with E-state index in [4.69, 9.17) is 11.6 Å². The summed E-state index contributed by atoms with van der Waals surface area (Å²) in [5, 5.41) is 4.60. The lowest BCUT2D eigenvalue weighted by atomic mass is 10.1. The number of halogens is 1. The average Bonchev–Trinajstić information content (AvgIpc) is 2.77. The molecule has 3 aromatic carbocycles. The van der Waals surface area contributed by atoms with Gasteiger partial charge in [0.05, 0.1) is 16.3 Å². The van der Waals surface area contributed by atoms with Gasteiger partial charge in [0.25, 0.3) is 15.9 Å². The maximum absolute atomic E-state index is 13.5. The summed E-state index contributed by atoms with van der Waals surface area (Å²) in [7, 11) is -4.01. The fraction of sp³-hybridized carbons (Fsp3) is 0.167. The monoisotopic (exact) mass is 469 g/mol. The molecule has 8 heteroatoms. The normalized spacial score (nSPS) is 11.8. The van der Waals surface area contributed by atoms with Crippen LogP contribution in [0.2, 0.25) is 5.02 Å². The Bertz CT molecular complexity index is 1240. The number of hydrogen-bond donors (Lipinski definition) is 1. The molecule has 0 aliphatic rings. The first-order valence-corrected chi connectivity index (χ1v) is 11.7. The summed E-state index contributed by atoms with van der Waals surface area (Å²) >= 11 is 6.05. The minimum atomic E-state index is -4.01. The molecule has 0 radical (unpaired) electrons. The molecule has 1 amide bonds. The molecule has 0 aromatic heterocycles. The molecule has 0 aliphatic carbocycles. The predicted molar refractivity (Wildman–Crippen MR) is 129 cm³/mol. The second-order valence-electron chi connectivity index (χ2n) is 7.35. The number of sulfonamides is 1. The van der Waals surface area contributed by atoms with Crippen LogP contribution in [-0.2, 0) is 14.8 Å². The number of anilines is 1. The Morgan fingerprint density at radius 1 is 1.00 bits per heavy atom. The Hall–Kier alpha value is -3.16. The Morgan fingerprint density at radius 2 is 1.66 bits per heavy atom. The quantitative estimate of drug-likeness (QED) is 0.402. The molecule has 0 fully saturated rings. The predicted octanol–water partition coefficient (Wildman–Crippen LogP) is 4.69. The SMILES string of the molecule is C/C(=N/NC(=O)CN(c1ccc(Cl)cc1C)S(=O)(=O)c1ccc(C)cc1)c1ccccc1. The number of amides is 1. The summed E-state index contributed by atoms with van der Waals surface area (Å²) in [6.07, 6.45) is 0. The maximum Gasteiger partial charge on any atom is 0.264 e. The van der Waals surface area contributed by atoms with Crippen molar-refractivity contribution in [2.24, 2.45) is 5.10 Å². The number of rotatable bonds is 7. The van der Waals surface area contributed by atoms with E-state index in [9.17, 15) is 13.2 Å². The summed E-state index contributed by atoms with van der Waals surface area (Å²) in [4.78, 5) is 12.8. The minimum Gasteiger partial charge on any atom is -0.271 e. The molecule has 3 aromatic rings. The second kappa shape index (κ2) is 9.97. The van der Waals surface area contributed by atoms with Crippen LogP contribution in [0, 0.1) is 13.8 Å². The molecule has 0 heterocycles. The van der Waals surface area contributed by atoms with Crippen molar-refractivity contribution >= 4 is 38.9 Å². The van der Waals surface area contributed by atoms with E-state index in [1.54, 1.807) is 44.2 Å². The minimum absolute atomic E-state index is 0.0919. The molecule has 1 N–H and O–H groups in total. The van der Waals surface area contributed by atoms with Crippen LogP contribution in [0.25, 0.3) is 0 Å². The van der Waals surface area contributed by atoms with Crippen molar-refractivity contribution in [2.45, 2.75) is 25.7 Å². The molecule has 0 saturated heterocycles. The largest absolute Gasteiger partial charge is 0.271 e. The number of carbonyl (C=O) groups excluding carboxylic acids is 1. The summed E-state index contributed by atoms with van der Waals surface area (Å²) < 4.78 is 28.0. The van der Waals surface area contributed by atoms with Crippen LogP contribution in [-0.4, -0.2) is 26.6 Å². The van der Waals surface area contributed by atoms with Gasteiger partial charge in [-0.1, -0.05) is 59.6 Å². The summed E-state index contributed by atoms with van der Waals surface area (Å²) in [5.74, 6) is -0.565. The van der Waals surface area contributed by atoms with Crippen molar-refractivity contribution in [1.29, 1.82) is 0 Å². The van der Waals surface area contributed by atoms with Gasteiger partial charge < -0.3 is 0 Å². The lowest BCUT2D eigenvalue weighted by Gasteiger charge is -2.25. The van der Waals surface area contributed by atoms with Gasteiger partial charge in [-0.3, -0.25) is 9.10 Å².